The molecule has 1 N–H and O–H groups in total. The number of aryl methyl sites for hydroxylation is 1. The van der Waals surface area contributed by atoms with Crippen LogP contribution in [-0.2, 0) is 32.6 Å². The van der Waals surface area contributed by atoms with Crippen molar-refractivity contribution in [2.24, 2.45) is 0 Å². The van der Waals surface area contributed by atoms with E-state index in [9.17, 15) is 22.4 Å². The second kappa shape index (κ2) is 14.3. The molecular formula is C35H38FN3O4S. The van der Waals surface area contributed by atoms with Crippen LogP contribution in [0.2, 0.25) is 0 Å². The van der Waals surface area contributed by atoms with Crippen LogP contribution < -0.4 is 9.62 Å². The standard InChI is InChI=1S/C35H38FN3O4S/c1-25(2)28-16-18-30(19-17-28)39(44(42,43)31-20-14-26(3)15-21-31)24-34(40)38(23-29-12-8-9-13-32(29)36)33(35(41)37-4)22-27-10-6-5-7-11-27/h5-21,25,33H,22-24H2,1-4H3,(H,37,41)/t33-/m1/s1. The quantitative estimate of drug-likeness (QED) is 0.217. The minimum Gasteiger partial charge on any atom is -0.357 e. The van der Waals surface area contributed by atoms with Gasteiger partial charge in [-0.05, 0) is 54.3 Å². The Kier molecular flexibility index (Phi) is 10.5. The number of hydrogen-bond acceptors (Lipinski definition) is 4. The van der Waals surface area contributed by atoms with Crippen LogP contribution in [0.25, 0.3) is 0 Å². The van der Waals surface area contributed by atoms with Crippen LogP contribution in [0.4, 0.5) is 10.1 Å². The molecule has 230 valence electrons. The zero-order chi connectivity index (χ0) is 31.9. The van der Waals surface area contributed by atoms with Gasteiger partial charge in [-0.2, -0.15) is 0 Å². The largest absolute Gasteiger partial charge is 0.357 e. The van der Waals surface area contributed by atoms with Crippen molar-refractivity contribution in [3.63, 3.8) is 0 Å². The van der Waals surface area contributed by atoms with Crippen molar-refractivity contribution in [3.8, 4) is 0 Å². The molecule has 4 aromatic rings. The first kappa shape index (κ1) is 32.4. The first-order valence-corrected chi connectivity index (χ1v) is 15.9. The molecule has 1 atom stereocenters. The van der Waals surface area contributed by atoms with Gasteiger partial charge in [0.2, 0.25) is 11.8 Å². The Morgan fingerprint density at radius 3 is 2.05 bits per heavy atom. The molecule has 0 saturated carbocycles. The molecule has 0 heterocycles. The summed E-state index contributed by atoms with van der Waals surface area (Å²) >= 11 is 0. The molecule has 0 aliphatic heterocycles. The Morgan fingerprint density at radius 1 is 0.841 bits per heavy atom. The van der Waals surface area contributed by atoms with Crippen LogP contribution in [0.5, 0.6) is 0 Å². The van der Waals surface area contributed by atoms with E-state index in [1.54, 1.807) is 42.5 Å². The third kappa shape index (κ3) is 7.71. The molecule has 9 heteroatoms. The highest BCUT2D eigenvalue weighted by molar-refractivity contribution is 7.92. The summed E-state index contributed by atoms with van der Waals surface area (Å²) in [5.41, 5.74) is 3.20. The Morgan fingerprint density at radius 2 is 1.45 bits per heavy atom. The summed E-state index contributed by atoms with van der Waals surface area (Å²) < 4.78 is 44.2. The fourth-order valence-electron chi connectivity index (χ4n) is 4.92. The normalized spacial score (nSPS) is 12.0. The number of sulfonamides is 1. The van der Waals surface area contributed by atoms with E-state index in [2.05, 4.69) is 5.32 Å². The summed E-state index contributed by atoms with van der Waals surface area (Å²) in [7, 11) is -2.74. The fourth-order valence-corrected chi connectivity index (χ4v) is 6.34. The number of carbonyl (C=O) groups is 2. The topological polar surface area (TPSA) is 86.8 Å². The van der Waals surface area contributed by atoms with Crippen molar-refractivity contribution in [1.29, 1.82) is 0 Å². The molecule has 0 aromatic heterocycles. The number of halogens is 1. The SMILES string of the molecule is CNC(=O)[C@@H](Cc1ccccc1)N(Cc1ccccc1F)C(=O)CN(c1ccc(C(C)C)cc1)S(=O)(=O)c1ccc(C)cc1. The van der Waals surface area contributed by atoms with Gasteiger partial charge in [0.1, 0.15) is 18.4 Å². The highest BCUT2D eigenvalue weighted by Crippen LogP contribution is 2.27. The lowest BCUT2D eigenvalue weighted by atomic mass is 10.0. The third-order valence-corrected chi connectivity index (χ3v) is 9.34. The fraction of sp³-hybridized carbons (Fsp3) is 0.257. The number of carbonyl (C=O) groups excluding carboxylic acids is 2. The van der Waals surface area contributed by atoms with E-state index in [1.807, 2.05) is 63.2 Å². The zero-order valence-electron chi connectivity index (χ0n) is 25.4. The van der Waals surface area contributed by atoms with Gasteiger partial charge in [-0.25, -0.2) is 12.8 Å². The average Bonchev–Trinajstić information content (AvgIpc) is 3.02. The number of nitrogens with one attached hydrogen (secondary N) is 1. The van der Waals surface area contributed by atoms with Gasteiger partial charge in [0.05, 0.1) is 10.6 Å². The first-order valence-electron chi connectivity index (χ1n) is 14.5. The smallest absolute Gasteiger partial charge is 0.264 e. The van der Waals surface area contributed by atoms with Crippen LogP contribution in [0.15, 0.2) is 108 Å². The number of amides is 2. The summed E-state index contributed by atoms with van der Waals surface area (Å²) in [4.78, 5) is 28.9. The molecule has 0 aliphatic rings. The van der Waals surface area contributed by atoms with E-state index in [4.69, 9.17) is 0 Å². The van der Waals surface area contributed by atoms with Gasteiger partial charge in [-0.3, -0.25) is 13.9 Å². The number of nitrogens with zero attached hydrogens (tertiary/aromatic N) is 2. The maximum Gasteiger partial charge on any atom is 0.264 e. The summed E-state index contributed by atoms with van der Waals surface area (Å²) in [5, 5.41) is 2.63. The third-order valence-electron chi connectivity index (χ3n) is 7.55. The van der Waals surface area contributed by atoms with Gasteiger partial charge in [-0.15, -0.1) is 0 Å². The van der Waals surface area contributed by atoms with Crippen molar-refractivity contribution in [1.82, 2.24) is 10.2 Å². The first-order chi connectivity index (χ1) is 21.0. The molecule has 44 heavy (non-hydrogen) atoms. The van der Waals surface area contributed by atoms with Crippen molar-refractivity contribution < 1.29 is 22.4 Å². The maximum atomic E-state index is 14.9. The predicted molar refractivity (Wildman–Crippen MR) is 171 cm³/mol. The summed E-state index contributed by atoms with van der Waals surface area (Å²) in [6.45, 7) is 5.08. The average molecular weight is 616 g/mol. The number of anilines is 1. The van der Waals surface area contributed by atoms with Crippen molar-refractivity contribution >= 4 is 27.5 Å². The van der Waals surface area contributed by atoms with E-state index in [0.29, 0.717) is 5.69 Å². The van der Waals surface area contributed by atoms with Gasteiger partial charge >= 0.3 is 0 Å². The van der Waals surface area contributed by atoms with E-state index in [-0.39, 0.29) is 29.3 Å². The lowest BCUT2D eigenvalue weighted by Gasteiger charge is -2.33. The van der Waals surface area contributed by atoms with Crippen molar-refractivity contribution in [2.45, 2.75) is 50.6 Å². The van der Waals surface area contributed by atoms with E-state index < -0.39 is 40.2 Å². The van der Waals surface area contributed by atoms with Gasteiger partial charge in [-0.1, -0.05) is 92.2 Å². The molecule has 0 bridgehead atoms. The molecular weight excluding hydrogens is 577 g/mol. The van der Waals surface area contributed by atoms with Crippen molar-refractivity contribution in [3.05, 3.63) is 131 Å². The van der Waals surface area contributed by atoms with E-state index in [1.165, 1.54) is 30.1 Å². The molecule has 7 nitrogen and oxygen atoms in total. The molecule has 0 aliphatic carbocycles. The number of likely N-dealkylation sites (N-methyl/N-ethyl adjacent to an activating group) is 1. The number of benzene rings is 4. The lowest BCUT2D eigenvalue weighted by molar-refractivity contribution is -0.139. The zero-order valence-corrected chi connectivity index (χ0v) is 26.2. The van der Waals surface area contributed by atoms with Crippen LogP contribution >= 0.6 is 0 Å². The molecule has 4 aromatic carbocycles. The van der Waals surface area contributed by atoms with Crippen molar-refractivity contribution in [2.75, 3.05) is 17.9 Å². The monoisotopic (exact) mass is 615 g/mol. The molecule has 4 rings (SSSR count). The van der Waals surface area contributed by atoms with E-state index in [0.717, 1.165) is 21.0 Å². The highest BCUT2D eigenvalue weighted by Gasteiger charge is 2.34. The molecule has 0 spiro atoms. The second-order valence-corrected chi connectivity index (χ2v) is 12.9. The molecule has 0 saturated heterocycles. The van der Waals surface area contributed by atoms with Gasteiger partial charge < -0.3 is 10.2 Å². The van der Waals surface area contributed by atoms with Crippen LogP contribution in [0.3, 0.4) is 0 Å². The Hall–Kier alpha value is -4.50. The number of hydrogen-bond donors (Lipinski definition) is 1. The molecule has 2 amide bonds. The second-order valence-electron chi connectivity index (χ2n) is 11.0. The number of rotatable bonds is 12. The van der Waals surface area contributed by atoms with Gasteiger partial charge in [0.25, 0.3) is 10.0 Å². The van der Waals surface area contributed by atoms with Gasteiger partial charge in [0.15, 0.2) is 0 Å². The van der Waals surface area contributed by atoms with Gasteiger partial charge in [0, 0.05) is 25.6 Å². The van der Waals surface area contributed by atoms with E-state index >= 15 is 0 Å². The summed E-state index contributed by atoms with van der Waals surface area (Å²) in [5.74, 6) is -1.42. The maximum absolute atomic E-state index is 14.9. The van der Waals surface area contributed by atoms with Crippen LogP contribution in [-0.4, -0.2) is 44.8 Å². The highest BCUT2D eigenvalue weighted by atomic mass is 32.2. The van der Waals surface area contributed by atoms with Crippen LogP contribution in [0, 0.1) is 12.7 Å². The molecule has 0 radical (unpaired) electrons. The Bertz CT molecular complexity index is 1680. The predicted octanol–water partition coefficient (Wildman–Crippen LogP) is 5.84. The minimum absolute atomic E-state index is 0.0247. The Balaban J connectivity index is 1.80. The Labute approximate surface area is 259 Å². The lowest BCUT2D eigenvalue weighted by Crippen LogP contribution is -2.53. The van der Waals surface area contributed by atoms with Crippen LogP contribution in [0.1, 0.15) is 42.0 Å². The molecule has 0 fully saturated rings. The minimum atomic E-state index is -4.21. The summed E-state index contributed by atoms with van der Waals surface area (Å²) in [6, 6.07) is 27.6. The summed E-state index contributed by atoms with van der Waals surface area (Å²) in [6.07, 6.45) is 0.147. The molecule has 0 unspecified atom stereocenters.